The van der Waals surface area contributed by atoms with E-state index in [0.717, 1.165) is 5.41 Å². The number of piperidine rings is 1. The number of benzene rings is 1. The highest BCUT2D eigenvalue weighted by atomic mass is 35.5. The number of likely N-dealkylation sites (tertiary alicyclic amines) is 1. The van der Waals surface area contributed by atoms with E-state index < -0.39 is 10.0 Å². The van der Waals surface area contributed by atoms with Gasteiger partial charge in [0.15, 0.2) is 12.5 Å². The van der Waals surface area contributed by atoms with Crippen LogP contribution in [0.2, 0.25) is 5.02 Å². The summed E-state index contributed by atoms with van der Waals surface area (Å²) in [5.41, 5.74) is 0.389. The average Bonchev–Trinajstić information content (AvgIpc) is 2.60. The summed E-state index contributed by atoms with van der Waals surface area (Å²) in [6.07, 6.45) is 1.02. The van der Waals surface area contributed by atoms with E-state index in [9.17, 15) is 18.3 Å². The lowest BCUT2D eigenvalue weighted by molar-refractivity contribution is -0.134. The topological polar surface area (TPSA) is 108 Å². The third kappa shape index (κ3) is 6.46. The van der Waals surface area contributed by atoms with Crippen LogP contribution in [0, 0.1) is 0 Å². The molecule has 148 valence electrons. The number of rotatable bonds is 8. The van der Waals surface area contributed by atoms with Gasteiger partial charge in [-0.1, -0.05) is 18.2 Å². The van der Waals surface area contributed by atoms with Crippen LogP contribution in [0.3, 0.4) is 0 Å². The minimum Gasteiger partial charge on any atom is -0.495 e. The molecule has 0 radical (unpaired) electrons. The Kier molecular flexibility index (Phi) is 7.11. The number of anilines is 1. The predicted molar refractivity (Wildman–Crippen MR) is 104 cm³/mol. The van der Waals surface area contributed by atoms with Gasteiger partial charge in [-0.15, -0.1) is 0 Å². The summed E-state index contributed by atoms with van der Waals surface area (Å²) >= 11 is 5.92. The zero-order chi connectivity index (χ0) is 20.0. The monoisotopic (exact) mass is 415 g/mol. The first-order valence-corrected chi connectivity index (χ1v) is 10.1. The van der Waals surface area contributed by atoms with Crippen LogP contribution in [-0.4, -0.2) is 50.1 Å². The lowest BCUT2D eigenvalue weighted by Gasteiger charge is -2.32. The number of sulfonamides is 1. The number of carbonyl (C=O) groups excluding carboxylic acids is 1. The third-order valence-corrected chi connectivity index (χ3v) is 5.31. The van der Waals surface area contributed by atoms with Crippen molar-refractivity contribution in [3.63, 3.8) is 0 Å². The van der Waals surface area contributed by atoms with Gasteiger partial charge < -0.3 is 20.1 Å². The van der Waals surface area contributed by atoms with Crippen molar-refractivity contribution in [1.82, 2.24) is 9.62 Å². The minimum atomic E-state index is -3.48. The Labute approximate surface area is 163 Å². The number of hydrogen-bond donors (Lipinski definition) is 3. The highest BCUT2D eigenvalue weighted by molar-refractivity contribution is 7.92. The Bertz CT molecular complexity index is 820. The Morgan fingerprint density at radius 2 is 2.07 bits per heavy atom. The molecule has 1 heterocycles. The maximum atomic E-state index is 12.4. The van der Waals surface area contributed by atoms with Crippen molar-refractivity contribution in [2.75, 3.05) is 25.0 Å². The van der Waals surface area contributed by atoms with E-state index in [2.05, 4.69) is 23.2 Å². The van der Waals surface area contributed by atoms with E-state index in [0.29, 0.717) is 42.4 Å². The number of ether oxygens (including phenoxy) is 1. The Morgan fingerprint density at radius 3 is 2.67 bits per heavy atom. The number of halogens is 1. The highest BCUT2D eigenvalue weighted by Gasteiger charge is 2.25. The normalized spacial score (nSPS) is 15.2. The largest absolute Gasteiger partial charge is 0.495 e. The summed E-state index contributed by atoms with van der Waals surface area (Å²) in [5.74, 6) is -0.155. The first-order chi connectivity index (χ1) is 12.7. The zero-order valence-electron chi connectivity index (χ0n) is 14.7. The van der Waals surface area contributed by atoms with Crippen LogP contribution < -0.4 is 14.8 Å². The summed E-state index contributed by atoms with van der Waals surface area (Å²) in [6.45, 7) is 7.25. The van der Waals surface area contributed by atoms with Gasteiger partial charge in [-0.25, -0.2) is 13.1 Å². The number of nitrogens with one attached hydrogen (secondary N) is 2. The molecule has 1 aliphatic heterocycles. The fourth-order valence-electron chi connectivity index (χ4n) is 2.64. The molecule has 1 aromatic rings. The second kappa shape index (κ2) is 9.12. The van der Waals surface area contributed by atoms with Crippen LogP contribution in [0.4, 0.5) is 5.69 Å². The van der Waals surface area contributed by atoms with Crippen molar-refractivity contribution >= 4 is 33.2 Å². The Balaban J connectivity index is 1.89. The first-order valence-electron chi connectivity index (χ1n) is 8.20. The SMILES string of the molecule is C=CS(=O)(=O)NC1CCN(C(=O)COc2ccc(Cl)cc2NC(=C)O)CC1. The Morgan fingerprint density at radius 1 is 1.41 bits per heavy atom. The molecule has 1 aromatic carbocycles. The second-order valence-corrected chi connectivity index (χ2v) is 8.08. The molecule has 0 unspecified atom stereocenters. The van der Waals surface area contributed by atoms with E-state index in [4.69, 9.17) is 16.3 Å². The van der Waals surface area contributed by atoms with E-state index in [-0.39, 0.29) is 24.4 Å². The molecule has 3 N–H and O–H groups in total. The van der Waals surface area contributed by atoms with Crippen molar-refractivity contribution in [3.8, 4) is 5.75 Å². The van der Waals surface area contributed by atoms with E-state index in [1.165, 1.54) is 0 Å². The zero-order valence-corrected chi connectivity index (χ0v) is 16.2. The first kappa shape index (κ1) is 21.1. The summed E-state index contributed by atoms with van der Waals surface area (Å²) < 4.78 is 31.1. The molecule has 1 aliphatic rings. The molecule has 0 aromatic heterocycles. The number of aliphatic hydroxyl groups excluding tert-OH is 1. The number of hydrogen-bond acceptors (Lipinski definition) is 6. The molecule has 27 heavy (non-hydrogen) atoms. The van der Waals surface area contributed by atoms with Gasteiger partial charge in [-0.2, -0.15) is 0 Å². The third-order valence-electron chi connectivity index (χ3n) is 3.97. The van der Waals surface area contributed by atoms with Gasteiger partial charge in [0.2, 0.25) is 10.0 Å². The number of aliphatic hydroxyl groups is 1. The van der Waals surface area contributed by atoms with Crippen molar-refractivity contribution in [1.29, 1.82) is 0 Å². The number of carbonyl (C=O) groups is 1. The lowest BCUT2D eigenvalue weighted by atomic mass is 10.1. The van der Waals surface area contributed by atoms with E-state index >= 15 is 0 Å². The number of amides is 1. The predicted octanol–water partition coefficient (Wildman–Crippen LogP) is 2.21. The second-order valence-electron chi connectivity index (χ2n) is 5.99. The van der Waals surface area contributed by atoms with Crippen LogP contribution >= 0.6 is 11.6 Å². The fourth-order valence-corrected chi connectivity index (χ4v) is 3.61. The molecular formula is C17H22ClN3O5S. The minimum absolute atomic E-state index is 0.197. The molecule has 0 saturated carbocycles. The summed E-state index contributed by atoms with van der Waals surface area (Å²) in [6, 6.07) is 4.50. The van der Waals surface area contributed by atoms with Gasteiger partial charge in [-0.05, 0) is 37.6 Å². The maximum absolute atomic E-state index is 12.4. The molecule has 8 nitrogen and oxygen atoms in total. The van der Waals surface area contributed by atoms with Gasteiger partial charge in [0.05, 0.1) is 5.69 Å². The maximum Gasteiger partial charge on any atom is 0.260 e. The fraction of sp³-hybridized carbons (Fsp3) is 0.353. The van der Waals surface area contributed by atoms with E-state index in [1.54, 1.807) is 23.1 Å². The molecular weight excluding hydrogens is 394 g/mol. The van der Waals surface area contributed by atoms with Gasteiger partial charge in [0.1, 0.15) is 5.75 Å². The standard InChI is InChI=1S/C17H22ClN3O5S/c1-3-27(24,25)20-14-6-8-21(9-7-14)17(23)11-26-16-5-4-13(18)10-15(16)19-12(2)22/h3-5,10,14,19-20,22H,1-2,6-9,11H2. The molecule has 0 bridgehead atoms. The van der Waals surface area contributed by atoms with Gasteiger partial charge in [0, 0.05) is 29.6 Å². The molecule has 1 saturated heterocycles. The lowest BCUT2D eigenvalue weighted by Crippen LogP contribution is -2.47. The quantitative estimate of drug-likeness (QED) is 0.562. The van der Waals surface area contributed by atoms with Crippen molar-refractivity contribution in [2.24, 2.45) is 0 Å². The van der Waals surface area contributed by atoms with E-state index in [1.807, 2.05) is 0 Å². The molecule has 1 fully saturated rings. The van der Waals surface area contributed by atoms with Crippen LogP contribution in [0.1, 0.15) is 12.8 Å². The van der Waals surface area contributed by atoms with Gasteiger partial charge in [-0.3, -0.25) is 4.79 Å². The molecule has 2 rings (SSSR count). The number of nitrogens with zero attached hydrogens (tertiary/aromatic N) is 1. The summed E-state index contributed by atoms with van der Waals surface area (Å²) in [7, 11) is -3.48. The molecule has 0 atom stereocenters. The average molecular weight is 416 g/mol. The van der Waals surface area contributed by atoms with Crippen LogP contribution in [0.25, 0.3) is 0 Å². The smallest absolute Gasteiger partial charge is 0.260 e. The summed E-state index contributed by atoms with van der Waals surface area (Å²) in [4.78, 5) is 14.0. The molecule has 10 heteroatoms. The van der Waals surface area contributed by atoms with Crippen molar-refractivity contribution in [2.45, 2.75) is 18.9 Å². The Hall–Kier alpha value is -2.23. The van der Waals surface area contributed by atoms with Crippen molar-refractivity contribution < 1.29 is 23.1 Å². The van der Waals surface area contributed by atoms with Crippen molar-refractivity contribution in [3.05, 3.63) is 47.7 Å². The van der Waals surface area contributed by atoms with Crippen LogP contribution in [-0.2, 0) is 14.8 Å². The molecule has 0 aliphatic carbocycles. The molecule has 1 amide bonds. The van der Waals surface area contributed by atoms with Crippen LogP contribution in [0.5, 0.6) is 5.75 Å². The highest BCUT2D eigenvalue weighted by Crippen LogP contribution is 2.28. The van der Waals surface area contributed by atoms with Crippen LogP contribution in [0.15, 0.2) is 42.6 Å². The van der Waals surface area contributed by atoms with Gasteiger partial charge >= 0.3 is 0 Å². The van der Waals surface area contributed by atoms with Gasteiger partial charge in [0.25, 0.3) is 5.91 Å². The summed E-state index contributed by atoms with van der Waals surface area (Å²) in [5, 5.41) is 13.2. The molecule has 0 spiro atoms.